The van der Waals surface area contributed by atoms with Crippen molar-refractivity contribution >= 4 is 28.4 Å². The van der Waals surface area contributed by atoms with Gasteiger partial charge in [0.05, 0.1) is 0 Å². The van der Waals surface area contributed by atoms with Crippen LogP contribution in [-0.4, -0.2) is 0 Å². The van der Waals surface area contributed by atoms with Gasteiger partial charge in [-0.2, -0.15) is 0 Å². The third-order valence-electron chi connectivity index (χ3n) is 8.99. The van der Waals surface area contributed by atoms with Crippen LogP contribution >= 0.6 is 0 Å². The molecule has 0 aromatic heterocycles. The SMILES string of the molecule is CC1=CC=C(N(C2=CC=CCC2)c2ccc(N(C3=CC=C(N(c4ccccc4)c4ccccc4)CC3)c3ccccc3)cc2)CC1. The minimum atomic E-state index is 0.933. The maximum atomic E-state index is 2.49. The molecule has 3 heteroatoms. The summed E-state index contributed by atoms with van der Waals surface area (Å²) < 4.78 is 0. The van der Waals surface area contributed by atoms with Crippen LogP contribution in [0.5, 0.6) is 0 Å². The second kappa shape index (κ2) is 13.8. The fourth-order valence-electron chi connectivity index (χ4n) is 6.64. The van der Waals surface area contributed by atoms with Crippen molar-refractivity contribution in [2.45, 2.75) is 45.4 Å². The fraction of sp³-hybridized carbons (Fsp3) is 0.163. The number of hydrogen-bond acceptors (Lipinski definition) is 3. The van der Waals surface area contributed by atoms with E-state index >= 15 is 0 Å². The molecule has 228 valence electrons. The maximum Gasteiger partial charge on any atom is 0.0459 e. The Hall–Kier alpha value is -5.28. The Bertz CT molecular complexity index is 1790. The highest BCUT2D eigenvalue weighted by Gasteiger charge is 2.23. The van der Waals surface area contributed by atoms with E-state index in [0.717, 1.165) is 38.5 Å². The zero-order valence-electron chi connectivity index (χ0n) is 26.6. The molecule has 0 N–H and O–H groups in total. The zero-order valence-corrected chi connectivity index (χ0v) is 26.6. The quantitative estimate of drug-likeness (QED) is 0.189. The van der Waals surface area contributed by atoms with E-state index in [4.69, 9.17) is 0 Å². The van der Waals surface area contributed by atoms with E-state index in [1.54, 1.807) is 0 Å². The summed E-state index contributed by atoms with van der Waals surface area (Å²) in [4.78, 5) is 7.29. The minimum absolute atomic E-state index is 0.933. The van der Waals surface area contributed by atoms with Crippen LogP contribution in [0.2, 0.25) is 0 Å². The van der Waals surface area contributed by atoms with E-state index in [-0.39, 0.29) is 0 Å². The van der Waals surface area contributed by atoms with Crippen molar-refractivity contribution in [3.05, 3.63) is 186 Å². The van der Waals surface area contributed by atoms with E-state index in [1.807, 2.05) is 0 Å². The summed E-state index contributed by atoms with van der Waals surface area (Å²) in [6.45, 7) is 2.23. The van der Waals surface area contributed by atoms with Crippen LogP contribution < -0.4 is 14.7 Å². The minimum Gasteiger partial charge on any atom is -0.318 e. The number of benzene rings is 4. The highest BCUT2D eigenvalue weighted by molar-refractivity contribution is 5.73. The molecule has 0 spiro atoms. The van der Waals surface area contributed by atoms with Gasteiger partial charge in [0, 0.05) is 51.2 Å². The summed E-state index contributed by atoms with van der Waals surface area (Å²) >= 11 is 0. The first-order valence-corrected chi connectivity index (χ1v) is 16.5. The van der Waals surface area contributed by atoms with Crippen molar-refractivity contribution in [3.63, 3.8) is 0 Å². The first-order valence-electron chi connectivity index (χ1n) is 16.5. The molecule has 0 bridgehead atoms. The van der Waals surface area contributed by atoms with Gasteiger partial charge in [0.2, 0.25) is 0 Å². The lowest BCUT2D eigenvalue weighted by molar-refractivity contribution is 0.819. The molecule has 0 saturated heterocycles. The number of allylic oxidation sites excluding steroid dienone is 12. The Balaban J connectivity index is 1.24. The third kappa shape index (κ3) is 6.41. The topological polar surface area (TPSA) is 9.72 Å². The van der Waals surface area contributed by atoms with Crippen molar-refractivity contribution in [2.24, 2.45) is 0 Å². The number of anilines is 5. The Morgan fingerprint density at radius 2 is 0.761 bits per heavy atom. The van der Waals surface area contributed by atoms with Crippen LogP contribution in [0.4, 0.5) is 28.4 Å². The van der Waals surface area contributed by atoms with Gasteiger partial charge >= 0.3 is 0 Å². The highest BCUT2D eigenvalue weighted by atomic mass is 15.2. The Labute approximate surface area is 274 Å². The third-order valence-corrected chi connectivity index (χ3v) is 8.99. The number of para-hydroxylation sites is 3. The van der Waals surface area contributed by atoms with Gasteiger partial charge in [-0.05, 0) is 130 Å². The highest BCUT2D eigenvalue weighted by Crippen LogP contribution is 2.40. The average molecular weight is 600 g/mol. The van der Waals surface area contributed by atoms with E-state index in [2.05, 4.69) is 179 Å². The molecule has 0 amide bonds. The lowest BCUT2D eigenvalue weighted by Gasteiger charge is -2.34. The normalized spacial score (nSPS) is 16.0. The standard InChI is InChI=1S/C43H41N3/c1-34-22-24-39(25-23-34)45(37-18-10-4-11-19-37)41-30-32-43(33-31-41)46(38-20-12-5-13-21-38)42-28-26-40(27-29-42)44(35-14-6-2-7-15-35)36-16-8-3-9-17-36/h2-10,12-18,20-22,24,26,28,30-33H,11,19,23,25,27,29H2,1H3. The smallest absolute Gasteiger partial charge is 0.0459 e. The van der Waals surface area contributed by atoms with Gasteiger partial charge in [-0.25, -0.2) is 0 Å². The van der Waals surface area contributed by atoms with E-state index in [0.29, 0.717) is 0 Å². The zero-order chi connectivity index (χ0) is 31.1. The molecule has 0 fully saturated rings. The fourth-order valence-corrected chi connectivity index (χ4v) is 6.64. The van der Waals surface area contributed by atoms with Crippen molar-refractivity contribution in [3.8, 4) is 0 Å². The summed E-state index contributed by atoms with van der Waals surface area (Å²) in [5.74, 6) is 0. The monoisotopic (exact) mass is 599 g/mol. The molecule has 0 aliphatic heterocycles. The molecule has 0 radical (unpaired) electrons. The van der Waals surface area contributed by atoms with E-state index < -0.39 is 0 Å². The summed E-state index contributed by atoms with van der Waals surface area (Å²) in [6, 6.07) is 41.3. The second-order valence-corrected chi connectivity index (χ2v) is 12.1. The molecule has 3 aliphatic rings. The number of rotatable bonds is 9. The summed E-state index contributed by atoms with van der Waals surface area (Å²) in [7, 11) is 0. The van der Waals surface area contributed by atoms with Gasteiger partial charge in [-0.1, -0.05) is 78.4 Å². The lowest BCUT2D eigenvalue weighted by atomic mass is 10.00. The van der Waals surface area contributed by atoms with E-state index in [9.17, 15) is 0 Å². The molecule has 0 heterocycles. The van der Waals surface area contributed by atoms with Gasteiger partial charge in [-0.3, -0.25) is 0 Å². The molecular formula is C43H41N3. The van der Waals surface area contributed by atoms with Crippen LogP contribution in [0.3, 0.4) is 0 Å². The van der Waals surface area contributed by atoms with Gasteiger partial charge < -0.3 is 14.7 Å². The Morgan fingerprint density at radius 1 is 0.370 bits per heavy atom. The maximum absolute atomic E-state index is 2.49. The van der Waals surface area contributed by atoms with Gasteiger partial charge in [0.1, 0.15) is 0 Å². The predicted molar refractivity (Wildman–Crippen MR) is 195 cm³/mol. The lowest BCUT2D eigenvalue weighted by Crippen LogP contribution is -2.24. The molecular weight excluding hydrogens is 558 g/mol. The van der Waals surface area contributed by atoms with Crippen molar-refractivity contribution in [2.75, 3.05) is 14.7 Å². The molecule has 0 saturated carbocycles. The Morgan fingerprint density at radius 3 is 1.17 bits per heavy atom. The number of nitrogens with zero attached hydrogens (tertiary/aromatic N) is 3. The van der Waals surface area contributed by atoms with Crippen LogP contribution in [0.15, 0.2) is 186 Å². The van der Waals surface area contributed by atoms with Crippen LogP contribution in [0.25, 0.3) is 0 Å². The molecule has 4 aromatic carbocycles. The van der Waals surface area contributed by atoms with E-state index in [1.165, 1.54) is 56.8 Å². The first-order chi connectivity index (χ1) is 22.7. The molecule has 3 nitrogen and oxygen atoms in total. The van der Waals surface area contributed by atoms with Crippen LogP contribution in [-0.2, 0) is 0 Å². The molecule has 46 heavy (non-hydrogen) atoms. The molecule has 4 aromatic rings. The largest absolute Gasteiger partial charge is 0.318 e. The predicted octanol–water partition coefficient (Wildman–Crippen LogP) is 11.9. The van der Waals surface area contributed by atoms with Crippen molar-refractivity contribution < 1.29 is 0 Å². The van der Waals surface area contributed by atoms with Crippen LogP contribution in [0.1, 0.15) is 45.4 Å². The second-order valence-electron chi connectivity index (χ2n) is 12.1. The molecule has 7 rings (SSSR count). The van der Waals surface area contributed by atoms with Gasteiger partial charge in [0.25, 0.3) is 0 Å². The Kier molecular flexibility index (Phi) is 8.82. The van der Waals surface area contributed by atoms with Crippen molar-refractivity contribution in [1.29, 1.82) is 0 Å². The van der Waals surface area contributed by atoms with Gasteiger partial charge in [-0.15, -0.1) is 0 Å². The summed E-state index contributed by atoms with van der Waals surface area (Å²) in [5.41, 5.74) is 12.7. The molecule has 0 atom stereocenters. The molecule has 3 aliphatic carbocycles. The van der Waals surface area contributed by atoms with Crippen molar-refractivity contribution in [1.82, 2.24) is 0 Å². The van der Waals surface area contributed by atoms with Gasteiger partial charge in [0.15, 0.2) is 0 Å². The number of hydrogen-bond donors (Lipinski definition) is 0. The van der Waals surface area contributed by atoms with Crippen LogP contribution in [0, 0.1) is 0 Å². The molecule has 0 unspecified atom stereocenters. The summed E-state index contributed by atoms with van der Waals surface area (Å²) in [5, 5.41) is 0. The average Bonchev–Trinajstić information content (AvgIpc) is 3.13. The summed E-state index contributed by atoms with van der Waals surface area (Å²) in [6.07, 6.45) is 22.1. The first kappa shape index (κ1) is 29.4.